The number of hydrogen-bond donors (Lipinski definition) is 2. The third kappa shape index (κ3) is 5.94. The lowest BCUT2D eigenvalue weighted by Gasteiger charge is -2.45. The zero-order valence-corrected chi connectivity index (χ0v) is 28.9. The Kier molecular flexibility index (Phi) is 8.21. The van der Waals surface area contributed by atoms with Crippen LogP contribution in [0.25, 0.3) is 0 Å². The molecule has 1 atom stereocenters. The van der Waals surface area contributed by atoms with Crippen molar-refractivity contribution in [3.63, 3.8) is 0 Å². The van der Waals surface area contributed by atoms with Gasteiger partial charge in [-0.05, 0) is 110 Å². The van der Waals surface area contributed by atoms with Crippen LogP contribution in [-0.4, -0.2) is 71.2 Å². The lowest BCUT2D eigenvalue weighted by Crippen LogP contribution is -2.54. The van der Waals surface area contributed by atoms with Gasteiger partial charge in [0.2, 0.25) is 5.91 Å². The van der Waals surface area contributed by atoms with Crippen molar-refractivity contribution in [2.24, 2.45) is 5.92 Å². The average Bonchev–Trinajstić information content (AvgIpc) is 3.78. The van der Waals surface area contributed by atoms with E-state index in [1.54, 1.807) is 42.3 Å². The highest BCUT2D eigenvalue weighted by molar-refractivity contribution is 7.93. The molecule has 1 aliphatic carbocycles. The van der Waals surface area contributed by atoms with E-state index in [0.717, 1.165) is 37.0 Å². The van der Waals surface area contributed by atoms with Crippen molar-refractivity contribution in [3.05, 3.63) is 95.6 Å². The Hall–Kier alpha value is -4.43. The lowest BCUT2D eigenvalue weighted by molar-refractivity contribution is -0.130. The van der Waals surface area contributed by atoms with Crippen LogP contribution in [0.1, 0.15) is 54.9 Å². The minimum Gasteiger partial charge on any atom is -0.361 e. The molecule has 11 nitrogen and oxygen atoms in total. The predicted octanol–water partition coefficient (Wildman–Crippen LogP) is 4.40. The number of sulfonamides is 2. The first-order valence-electron chi connectivity index (χ1n) is 16.4. The summed E-state index contributed by atoms with van der Waals surface area (Å²) in [5, 5.41) is 2.82. The Labute approximate surface area is 285 Å². The molecule has 258 valence electrons. The number of rotatable bonds is 8. The van der Waals surface area contributed by atoms with Gasteiger partial charge in [-0.3, -0.25) is 18.6 Å². The summed E-state index contributed by atoms with van der Waals surface area (Å²) >= 11 is 0. The van der Waals surface area contributed by atoms with E-state index in [1.165, 1.54) is 35.5 Å². The highest BCUT2D eigenvalue weighted by atomic mass is 32.2. The second-order valence-electron chi connectivity index (χ2n) is 13.3. The van der Waals surface area contributed by atoms with Crippen LogP contribution < -0.4 is 14.3 Å². The van der Waals surface area contributed by atoms with E-state index in [2.05, 4.69) is 10.0 Å². The maximum absolute atomic E-state index is 14.3. The summed E-state index contributed by atoms with van der Waals surface area (Å²) in [6.07, 6.45) is 5.27. The summed E-state index contributed by atoms with van der Waals surface area (Å²) in [6.45, 7) is 3.12. The first kappa shape index (κ1) is 33.1. The Bertz CT molecular complexity index is 2070. The molecule has 3 aromatic rings. The minimum absolute atomic E-state index is 0.00875. The summed E-state index contributed by atoms with van der Waals surface area (Å²) in [5.74, 6) is -0.493. The molecule has 0 aromatic heterocycles. The largest absolute Gasteiger partial charge is 0.361 e. The van der Waals surface area contributed by atoms with E-state index < -0.39 is 43.2 Å². The molecule has 2 fully saturated rings. The number of anilines is 2. The molecule has 7 rings (SSSR count). The second kappa shape index (κ2) is 12.2. The third-order valence-electron chi connectivity index (χ3n) is 10.2. The fraction of sp³-hybridized carbons (Fsp3) is 0.371. The first-order valence-corrected chi connectivity index (χ1v) is 19.3. The average molecular weight is 708 g/mol. The second-order valence-corrected chi connectivity index (χ2v) is 16.8. The minimum atomic E-state index is -4.13. The van der Waals surface area contributed by atoms with E-state index in [-0.39, 0.29) is 32.9 Å². The number of nitrogens with zero attached hydrogens (tertiary/aromatic N) is 3. The molecule has 2 amide bonds. The van der Waals surface area contributed by atoms with Gasteiger partial charge in [0.05, 0.1) is 21.5 Å². The number of fused-ring (bicyclic) bond motifs is 2. The van der Waals surface area contributed by atoms with E-state index in [9.17, 15) is 30.8 Å². The fourth-order valence-corrected chi connectivity index (χ4v) is 10.5. The molecule has 3 aromatic carbocycles. The predicted molar refractivity (Wildman–Crippen MR) is 182 cm³/mol. The standard InChI is InChI=1S/C35H38FN5O6S2/c1-23(42)40-19-16-35(17-20-40)30-21-25(34(43)37-27-5-3-6-29(22-27)48(44,45)38-32-7-4-18-39(32)2)10-15-31(30)41(33(35)24-8-9-24)49(46,47)28-13-11-26(36)12-14-28/h3,5-7,10-15,21-22,24,33,38H,4,8-9,16-20H2,1-2H3,(H,37,43). The van der Waals surface area contributed by atoms with E-state index >= 15 is 0 Å². The van der Waals surface area contributed by atoms with Crippen LogP contribution in [0, 0.1) is 11.7 Å². The van der Waals surface area contributed by atoms with Crippen molar-refractivity contribution in [2.45, 2.75) is 60.3 Å². The third-order valence-corrected chi connectivity index (χ3v) is 13.4. The zero-order valence-electron chi connectivity index (χ0n) is 27.2. The summed E-state index contributed by atoms with van der Waals surface area (Å²) in [4.78, 5) is 29.6. The van der Waals surface area contributed by atoms with Gasteiger partial charge in [0.25, 0.3) is 26.0 Å². The van der Waals surface area contributed by atoms with E-state index in [0.29, 0.717) is 44.0 Å². The van der Waals surface area contributed by atoms with Crippen LogP contribution in [0.2, 0.25) is 0 Å². The molecule has 1 saturated carbocycles. The number of hydrogen-bond acceptors (Lipinski definition) is 7. The van der Waals surface area contributed by atoms with Crippen LogP contribution >= 0.6 is 0 Å². The molecule has 49 heavy (non-hydrogen) atoms. The van der Waals surface area contributed by atoms with Gasteiger partial charge in [-0.15, -0.1) is 0 Å². The quantitative estimate of drug-likeness (QED) is 0.354. The molecule has 1 spiro atoms. The van der Waals surface area contributed by atoms with Crippen LogP contribution in [0.15, 0.2) is 88.4 Å². The molecule has 1 unspecified atom stereocenters. The summed E-state index contributed by atoms with van der Waals surface area (Å²) in [6, 6.07) is 15.3. The number of carbonyl (C=O) groups excluding carboxylic acids is 2. The molecule has 3 aliphatic heterocycles. The van der Waals surface area contributed by atoms with Crippen molar-refractivity contribution in [2.75, 3.05) is 36.3 Å². The SMILES string of the molecule is CC(=O)N1CCC2(CC1)c1cc(C(=O)Nc3cccc(S(=O)(=O)NC4=CCCN4C)c3)ccc1N(S(=O)(=O)c1ccc(F)cc1)C2C1CC1. The number of likely N-dealkylation sites (tertiary alicyclic amines) is 1. The molecular weight excluding hydrogens is 670 g/mol. The Morgan fingerprint density at radius 1 is 0.898 bits per heavy atom. The van der Waals surface area contributed by atoms with Crippen molar-refractivity contribution in [1.82, 2.24) is 14.5 Å². The molecule has 1 saturated heterocycles. The van der Waals surface area contributed by atoms with Crippen LogP contribution in [0.3, 0.4) is 0 Å². The maximum Gasteiger partial charge on any atom is 0.264 e. The molecule has 3 heterocycles. The maximum atomic E-state index is 14.3. The van der Waals surface area contributed by atoms with Crippen LogP contribution in [0.5, 0.6) is 0 Å². The number of nitrogens with one attached hydrogen (secondary N) is 2. The first-order chi connectivity index (χ1) is 23.3. The number of piperidine rings is 1. The monoisotopic (exact) mass is 707 g/mol. The summed E-state index contributed by atoms with van der Waals surface area (Å²) in [7, 11) is -6.24. The molecule has 14 heteroatoms. The normalized spacial score (nSPS) is 20.3. The van der Waals surface area contributed by atoms with Gasteiger partial charge in [0.1, 0.15) is 11.6 Å². The molecule has 0 radical (unpaired) electrons. The Balaban J connectivity index is 1.24. The number of amides is 2. The molecule has 4 aliphatic rings. The molecule has 0 bridgehead atoms. The Morgan fingerprint density at radius 3 is 2.24 bits per heavy atom. The lowest BCUT2D eigenvalue weighted by atomic mass is 9.68. The number of carbonyl (C=O) groups is 2. The summed E-state index contributed by atoms with van der Waals surface area (Å²) in [5.41, 5.74) is 1.10. The topological polar surface area (TPSA) is 136 Å². The van der Waals surface area contributed by atoms with Crippen molar-refractivity contribution >= 4 is 43.2 Å². The van der Waals surface area contributed by atoms with Gasteiger partial charge >= 0.3 is 0 Å². The van der Waals surface area contributed by atoms with Crippen LogP contribution in [0.4, 0.5) is 15.8 Å². The highest BCUT2D eigenvalue weighted by Gasteiger charge is 2.60. The fourth-order valence-electron chi connectivity index (χ4n) is 7.57. The van der Waals surface area contributed by atoms with Gasteiger partial charge in [-0.25, -0.2) is 21.2 Å². The summed E-state index contributed by atoms with van der Waals surface area (Å²) < 4.78 is 72.9. The van der Waals surface area contributed by atoms with E-state index in [1.807, 2.05) is 11.0 Å². The Morgan fingerprint density at radius 2 is 1.61 bits per heavy atom. The number of halogens is 1. The van der Waals surface area contributed by atoms with Gasteiger partial charge in [-0.2, -0.15) is 0 Å². The van der Waals surface area contributed by atoms with E-state index in [4.69, 9.17) is 0 Å². The zero-order chi connectivity index (χ0) is 34.7. The van der Waals surface area contributed by atoms with Gasteiger partial charge < -0.3 is 15.1 Å². The van der Waals surface area contributed by atoms with Crippen molar-refractivity contribution < 1.29 is 30.8 Å². The molecule has 2 N–H and O–H groups in total. The number of benzene rings is 3. The van der Waals surface area contributed by atoms with Crippen molar-refractivity contribution in [1.29, 1.82) is 0 Å². The highest BCUT2D eigenvalue weighted by Crippen LogP contribution is 2.59. The van der Waals surface area contributed by atoms with Crippen molar-refractivity contribution in [3.8, 4) is 0 Å². The van der Waals surface area contributed by atoms with Gasteiger partial charge in [0.15, 0.2) is 0 Å². The van der Waals surface area contributed by atoms with Crippen LogP contribution in [-0.2, 0) is 30.3 Å². The van der Waals surface area contributed by atoms with Gasteiger partial charge in [0, 0.05) is 50.3 Å². The van der Waals surface area contributed by atoms with Gasteiger partial charge in [-0.1, -0.05) is 6.07 Å². The molecular formula is C35H38FN5O6S2. The smallest absolute Gasteiger partial charge is 0.264 e.